The van der Waals surface area contributed by atoms with Gasteiger partial charge in [0.2, 0.25) is 0 Å². The molecule has 0 saturated carbocycles. The van der Waals surface area contributed by atoms with Crippen LogP contribution in [0.3, 0.4) is 0 Å². The second kappa shape index (κ2) is 4.22. The Morgan fingerprint density at radius 3 is 2.60 bits per heavy atom. The van der Waals surface area contributed by atoms with E-state index in [1.165, 1.54) is 0 Å². The molecule has 1 atom stereocenters. The van der Waals surface area contributed by atoms with Crippen molar-refractivity contribution in [3.05, 3.63) is 29.3 Å². The van der Waals surface area contributed by atoms with Crippen molar-refractivity contribution in [1.29, 1.82) is 0 Å². The molecule has 0 fully saturated rings. The minimum Gasteiger partial charge on any atom is -0.494 e. The van der Waals surface area contributed by atoms with Gasteiger partial charge in [-0.05, 0) is 6.07 Å². The third-order valence-corrected chi connectivity index (χ3v) is 1.85. The number of benzene rings is 1. The first-order chi connectivity index (χ1) is 6.97. The fourth-order valence-corrected chi connectivity index (χ4v) is 1.09. The normalized spacial score (nSPS) is 12.3. The SMILES string of the molecule is COc1cc(F)cc(C(N)C(=O)O)c1F. The van der Waals surface area contributed by atoms with Gasteiger partial charge < -0.3 is 15.6 Å². The van der Waals surface area contributed by atoms with Gasteiger partial charge in [0.25, 0.3) is 0 Å². The van der Waals surface area contributed by atoms with Crippen molar-refractivity contribution >= 4 is 5.97 Å². The molecule has 3 N–H and O–H groups in total. The molecule has 0 saturated heterocycles. The molecule has 0 aliphatic carbocycles. The Bertz CT molecular complexity index is 395. The van der Waals surface area contributed by atoms with Gasteiger partial charge in [-0.3, -0.25) is 4.79 Å². The molecule has 1 unspecified atom stereocenters. The Balaban J connectivity index is 3.28. The first-order valence-corrected chi connectivity index (χ1v) is 3.98. The molecule has 0 amide bonds. The number of aliphatic carboxylic acids is 1. The van der Waals surface area contributed by atoms with Crippen LogP contribution in [0.1, 0.15) is 11.6 Å². The Morgan fingerprint density at radius 2 is 2.13 bits per heavy atom. The molecule has 1 rings (SSSR count). The van der Waals surface area contributed by atoms with E-state index in [0.29, 0.717) is 0 Å². The molecule has 6 heteroatoms. The largest absolute Gasteiger partial charge is 0.494 e. The third kappa shape index (κ3) is 2.21. The summed E-state index contributed by atoms with van der Waals surface area (Å²) in [4.78, 5) is 10.5. The van der Waals surface area contributed by atoms with Gasteiger partial charge in [-0.25, -0.2) is 8.78 Å². The molecular formula is C9H9F2NO3. The van der Waals surface area contributed by atoms with E-state index in [9.17, 15) is 13.6 Å². The van der Waals surface area contributed by atoms with Crippen LogP contribution in [0.5, 0.6) is 5.75 Å². The molecule has 0 radical (unpaired) electrons. The van der Waals surface area contributed by atoms with E-state index in [-0.39, 0.29) is 5.75 Å². The van der Waals surface area contributed by atoms with Gasteiger partial charge in [0.15, 0.2) is 11.6 Å². The van der Waals surface area contributed by atoms with E-state index >= 15 is 0 Å². The summed E-state index contributed by atoms with van der Waals surface area (Å²) >= 11 is 0. The number of hydrogen-bond donors (Lipinski definition) is 2. The predicted octanol–water partition coefficient (Wildman–Crippen LogP) is 1.06. The summed E-state index contributed by atoms with van der Waals surface area (Å²) in [5.74, 6) is -3.59. The van der Waals surface area contributed by atoms with Crippen molar-refractivity contribution in [3.63, 3.8) is 0 Å². The summed E-state index contributed by atoms with van der Waals surface area (Å²) in [6.45, 7) is 0. The lowest BCUT2D eigenvalue weighted by Crippen LogP contribution is -2.22. The number of rotatable bonds is 3. The van der Waals surface area contributed by atoms with Gasteiger partial charge in [0.05, 0.1) is 7.11 Å². The van der Waals surface area contributed by atoms with E-state index in [2.05, 4.69) is 4.74 Å². The average Bonchev–Trinajstić information content (AvgIpc) is 2.19. The molecule has 0 bridgehead atoms. The number of methoxy groups -OCH3 is 1. The van der Waals surface area contributed by atoms with E-state index in [4.69, 9.17) is 10.8 Å². The van der Waals surface area contributed by atoms with E-state index in [0.717, 1.165) is 19.2 Å². The fraction of sp³-hybridized carbons (Fsp3) is 0.222. The van der Waals surface area contributed by atoms with Crippen LogP contribution in [0.25, 0.3) is 0 Å². The maximum absolute atomic E-state index is 13.4. The minimum atomic E-state index is -1.62. The van der Waals surface area contributed by atoms with Crippen molar-refractivity contribution in [2.75, 3.05) is 7.11 Å². The highest BCUT2D eigenvalue weighted by Gasteiger charge is 2.22. The van der Waals surface area contributed by atoms with Crippen LogP contribution < -0.4 is 10.5 Å². The van der Waals surface area contributed by atoms with Crippen LogP contribution in [0.2, 0.25) is 0 Å². The minimum absolute atomic E-state index is 0.373. The van der Waals surface area contributed by atoms with Crippen molar-refractivity contribution in [2.24, 2.45) is 5.73 Å². The van der Waals surface area contributed by atoms with Gasteiger partial charge in [0, 0.05) is 11.6 Å². The van der Waals surface area contributed by atoms with Crippen LogP contribution in [0, 0.1) is 11.6 Å². The molecule has 4 nitrogen and oxygen atoms in total. The molecule has 0 aromatic heterocycles. The molecule has 0 heterocycles. The van der Waals surface area contributed by atoms with Crippen LogP contribution in [0.15, 0.2) is 12.1 Å². The smallest absolute Gasteiger partial charge is 0.325 e. The Labute approximate surface area is 84.3 Å². The number of carboxylic acids is 1. The summed E-state index contributed by atoms with van der Waals surface area (Å²) in [7, 11) is 1.15. The Kier molecular flexibility index (Phi) is 3.21. The highest BCUT2D eigenvalue weighted by atomic mass is 19.1. The highest BCUT2D eigenvalue weighted by Crippen LogP contribution is 2.25. The maximum atomic E-state index is 13.4. The Hall–Kier alpha value is -1.69. The molecule has 82 valence electrons. The molecule has 0 spiro atoms. The lowest BCUT2D eigenvalue weighted by Gasteiger charge is -2.11. The average molecular weight is 217 g/mol. The van der Waals surface area contributed by atoms with Crippen molar-refractivity contribution in [1.82, 2.24) is 0 Å². The van der Waals surface area contributed by atoms with E-state index < -0.39 is 29.2 Å². The second-order valence-electron chi connectivity index (χ2n) is 2.83. The highest BCUT2D eigenvalue weighted by molar-refractivity contribution is 5.75. The zero-order valence-electron chi connectivity index (χ0n) is 7.83. The van der Waals surface area contributed by atoms with Crippen molar-refractivity contribution in [2.45, 2.75) is 6.04 Å². The van der Waals surface area contributed by atoms with Crippen LogP contribution >= 0.6 is 0 Å². The third-order valence-electron chi connectivity index (χ3n) is 1.85. The lowest BCUT2D eigenvalue weighted by atomic mass is 10.1. The molecule has 1 aromatic carbocycles. The molecule has 0 aliphatic heterocycles. The van der Waals surface area contributed by atoms with Crippen molar-refractivity contribution in [3.8, 4) is 5.75 Å². The van der Waals surface area contributed by atoms with E-state index in [1.807, 2.05) is 0 Å². The standard InChI is InChI=1S/C9H9F2NO3/c1-15-6-3-4(10)2-5(7(6)11)8(12)9(13)14/h2-3,8H,12H2,1H3,(H,13,14). The van der Waals surface area contributed by atoms with Gasteiger partial charge in [-0.1, -0.05) is 0 Å². The monoisotopic (exact) mass is 217 g/mol. The first-order valence-electron chi connectivity index (χ1n) is 3.98. The second-order valence-corrected chi connectivity index (χ2v) is 2.83. The van der Waals surface area contributed by atoms with Gasteiger partial charge in [-0.2, -0.15) is 0 Å². The molecule has 0 aliphatic rings. The summed E-state index contributed by atoms with van der Waals surface area (Å²) in [5, 5.41) is 8.56. The van der Waals surface area contributed by atoms with Crippen LogP contribution in [-0.4, -0.2) is 18.2 Å². The zero-order chi connectivity index (χ0) is 11.6. The molecule has 1 aromatic rings. The van der Waals surface area contributed by atoms with Gasteiger partial charge >= 0.3 is 5.97 Å². The summed E-state index contributed by atoms with van der Waals surface area (Å²) in [5.41, 5.74) is 4.72. The van der Waals surface area contributed by atoms with E-state index in [1.54, 1.807) is 0 Å². The van der Waals surface area contributed by atoms with Crippen molar-refractivity contribution < 1.29 is 23.4 Å². The number of halogens is 2. The fourth-order valence-electron chi connectivity index (χ4n) is 1.09. The molecular weight excluding hydrogens is 208 g/mol. The number of nitrogens with two attached hydrogens (primary N) is 1. The summed E-state index contributed by atoms with van der Waals surface area (Å²) in [6.07, 6.45) is 0. The number of carbonyl (C=O) groups is 1. The lowest BCUT2D eigenvalue weighted by molar-refractivity contribution is -0.138. The summed E-state index contributed by atoms with van der Waals surface area (Å²) < 4.78 is 30.9. The Morgan fingerprint density at radius 1 is 1.53 bits per heavy atom. The molecule has 15 heavy (non-hydrogen) atoms. The predicted molar refractivity (Wildman–Crippen MR) is 47.5 cm³/mol. The van der Waals surface area contributed by atoms with Crippen LogP contribution in [0.4, 0.5) is 8.78 Å². The first kappa shape index (κ1) is 11.4. The van der Waals surface area contributed by atoms with Gasteiger partial charge in [-0.15, -0.1) is 0 Å². The summed E-state index contributed by atoms with van der Waals surface area (Å²) in [6, 6.07) is -0.0704. The number of ether oxygens (including phenoxy) is 1. The van der Waals surface area contributed by atoms with Crippen LogP contribution in [-0.2, 0) is 4.79 Å². The van der Waals surface area contributed by atoms with Gasteiger partial charge in [0.1, 0.15) is 11.9 Å². The number of carboxylic acid groups (broad SMARTS) is 1. The zero-order valence-corrected chi connectivity index (χ0v) is 7.83. The quantitative estimate of drug-likeness (QED) is 0.793. The maximum Gasteiger partial charge on any atom is 0.325 e. The number of hydrogen-bond acceptors (Lipinski definition) is 3. The topological polar surface area (TPSA) is 72.5 Å².